The van der Waals surface area contributed by atoms with Crippen LogP contribution >= 0.6 is 23.1 Å². The Morgan fingerprint density at radius 1 is 1.20 bits per heavy atom. The van der Waals surface area contributed by atoms with Crippen LogP contribution < -0.4 is 10.6 Å². The molecule has 1 saturated carbocycles. The summed E-state index contributed by atoms with van der Waals surface area (Å²) < 4.78 is 48.0. The van der Waals surface area contributed by atoms with Gasteiger partial charge in [-0.05, 0) is 61.1 Å². The number of hydrogen-bond acceptors (Lipinski definition) is 7. The molecule has 1 spiro atoms. The number of halogens is 3. The highest BCUT2D eigenvalue weighted by atomic mass is 32.2. The Labute approximate surface area is 209 Å². The van der Waals surface area contributed by atoms with Crippen LogP contribution in [0, 0.1) is 0 Å². The molecule has 184 valence electrons. The molecular formula is C25H25F3N4OS2. The number of rotatable bonds is 4. The van der Waals surface area contributed by atoms with Gasteiger partial charge in [0.05, 0.1) is 22.1 Å². The van der Waals surface area contributed by atoms with Crippen LogP contribution in [0.5, 0.6) is 0 Å². The number of fused-ring (bicyclic) bond motifs is 3. The fourth-order valence-corrected chi connectivity index (χ4v) is 7.34. The van der Waals surface area contributed by atoms with Gasteiger partial charge >= 0.3 is 6.18 Å². The minimum absolute atomic E-state index is 0.0790. The smallest absolute Gasteiger partial charge is 0.369 e. The summed E-state index contributed by atoms with van der Waals surface area (Å²) in [5, 5.41) is 6.61. The number of alkyl halides is 3. The summed E-state index contributed by atoms with van der Waals surface area (Å²) in [7, 11) is 0. The predicted octanol–water partition coefficient (Wildman–Crippen LogP) is 6.29. The van der Waals surface area contributed by atoms with E-state index in [-0.39, 0.29) is 17.2 Å². The van der Waals surface area contributed by atoms with E-state index in [4.69, 9.17) is 4.74 Å². The van der Waals surface area contributed by atoms with E-state index in [2.05, 4.69) is 39.7 Å². The number of ether oxygens (including phenoxy) is 1. The zero-order valence-electron chi connectivity index (χ0n) is 19.2. The van der Waals surface area contributed by atoms with Crippen molar-refractivity contribution in [2.45, 2.75) is 55.8 Å². The number of benzene rings is 1. The Morgan fingerprint density at radius 2 is 2.06 bits per heavy atom. The molecule has 2 aromatic heterocycles. The van der Waals surface area contributed by atoms with Crippen LogP contribution in [0.4, 0.5) is 24.8 Å². The molecule has 0 amide bonds. The molecule has 2 N–H and O–H groups in total. The van der Waals surface area contributed by atoms with Crippen molar-refractivity contribution in [3.63, 3.8) is 0 Å². The van der Waals surface area contributed by atoms with E-state index in [0.29, 0.717) is 11.5 Å². The second-order valence-corrected chi connectivity index (χ2v) is 11.3. The van der Waals surface area contributed by atoms with E-state index in [1.807, 2.05) is 6.07 Å². The largest absolute Gasteiger partial charge is 0.420 e. The third-order valence-corrected chi connectivity index (χ3v) is 9.26. The van der Waals surface area contributed by atoms with E-state index in [9.17, 15) is 13.2 Å². The first kappa shape index (κ1) is 23.3. The minimum Gasteiger partial charge on any atom is -0.369 e. The second-order valence-electron chi connectivity index (χ2n) is 9.13. The normalized spacial score (nSPS) is 18.6. The zero-order chi connectivity index (χ0) is 24.2. The summed E-state index contributed by atoms with van der Waals surface area (Å²) in [6, 6.07) is 6.11. The lowest BCUT2D eigenvalue weighted by atomic mass is 9.96. The lowest BCUT2D eigenvalue weighted by Crippen LogP contribution is -2.24. The number of thioether (sulfide) groups is 1. The van der Waals surface area contributed by atoms with Crippen molar-refractivity contribution >= 4 is 34.7 Å². The van der Waals surface area contributed by atoms with Crippen LogP contribution in [0.15, 0.2) is 29.3 Å². The number of anilines is 2. The van der Waals surface area contributed by atoms with Gasteiger partial charge in [0.2, 0.25) is 5.95 Å². The fraction of sp³-hybridized carbons (Fsp3) is 0.440. The van der Waals surface area contributed by atoms with Crippen LogP contribution in [0.3, 0.4) is 0 Å². The monoisotopic (exact) mass is 518 g/mol. The van der Waals surface area contributed by atoms with Crippen LogP contribution in [0.2, 0.25) is 0 Å². The average Bonchev–Trinajstić information content (AvgIpc) is 3.54. The molecule has 3 aromatic rings. The van der Waals surface area contributed by atoms with Gasteiger partial charge in [-0.2, -0.15) is 13.2 Å². The minimum atomic E-state index is -4.55. The topological polar surface area (TPSA) is 59.1 Å². The number of aryl methyl sites for hydroxylation is 1. The average molecular weight is 519 g/mol. The molecule has 0 unspecified atom stereocenters. The van der Waals surface area contributed by atoms with Gasteiger partial charge in [0, 0.05) is 29.1 Å². The van der Waals surface area contributed by atoms with Crippen molar-refractivity contribution in [1.82, 2.24) is 15.3 Å². The molecule has 1 aromatic carbocycles. The number of thiophene rings is 1. The van der Waals surface area contributed by atoms with Crippen molar-refractivity contribution in [1.29, 1.82) is 0 Å². The Kier molecular flexibility index (Phi) is 5.82. The van der Waals surface area contributed by atoms with Crippen molar-refractivity contribution in [3.05, 3.63) is 51.5 Å². The standard InChI is InChI=1S/C25H25F3N4OS2/c1-2-14-9-16-12-29-6-3-15(16)10-18(14)31-23-30-13-17(25(26,27)28)21(32-23)19-11-20-22(35-19)24(4-5-24)33-7-8-34-20/h9-11,13,29H,2-8,12H2,1H3,(H,30,31,32). The van der Waals surface area contributed by atoms with E-state index < -0.39 is 11.7 Å². The highest BCUT2D eigenvalue weighted by Crippen LogP contribution is 2.57. The molecule has 2 aliphatic heterocycles. The molecule has 5 nitrogen and oxygen atoms in total. The predicted molar refractivity (Wildman–Crippen MR) is 132 cm³/mol. The summed E-state index contributed by atoms with van der Waals surface area (Å²) in [5.41, 5.74) is 3.23. The maximum absolute atomic E-state index is 14.0. The molecule has 1 aliphatic carbocycles. The van der Waals surface area contributed by atoms with E-state index in [1.54, 1.807) is 11.8 Å². The van der Waals surface area contributed by atoms with Gasteiger partial charge < -0.3 is 15.4 Å². The lowest BCUT2D eigenvalue weighted by Gasteiger charge is -2.21. The first-order valence-electron chi connectivity index (χ1n) is 11.8. The van der Waals surface area contributed by atoms with E-state index >= 15 is 0 Å². The number of hydrogen-bond donors (Lipinski definition) is 2. The van der Waals surface area contributed by atoms with Crippen molar-refractivity contribution in [3.8, 4) is 10.6 Å². The number of nitrogens with zero attached hydrogens (tertiary/aromatic N) is 2. The molecule has 10 heteroatoms. The third-order valence-electron chi connectivity index (χ3n) is 6.80. The van der Waals surface area contributed by atoms with Crippen molar-refractivity contribution in [2.24, 2.45) is 0 Å². The van der Waals surface area contributed by atoms with Gasteiger partial charge in [-0.25, -0.2) is 9.97 Å². The Morgan fingerprint density at radius 3 is 2.83 bits per heavy atom. The molecule has 4 heterocycles. The lowest BCUT2D eigenvalue weighted by molar-refractivity contribution is -0.137. The third kappa shape index (κ3) is 4.34. The second kappa shape index (κ2) is 8.76. The van der Waals surface area contributed by atoms with E-state index in [1.165, 1.54) is 22.5 Å². The molecule has 0 saturated heterocycles. The van der Waals surface area contributed by atoms with Crippen LogP contribution in [-0.2, 0) is 35.9 Å². The summed E-state index contributed by atoms with van der Waals surface area (Å²) in [4.78, 5) is 11.1. The van der Waals surface area contributed by atoms with Gasteiger partial charge in [0.1, 0.15) is 11.2 Å². The summed E-state index contributed by atoms with van der Waals surface area (Å²) >= 11 is 3.02. The van der Waals surface area contributed by atoms with Gasteiger partial charge in [-0.15, -0.1) is 23.1 Å². The van der Waals surface area contributed by atoms with Gasteiger partial charge in [-0.1, -0.05) is 13.0 Å². The highest BCUT2D eigenvalue weighted by molar-refractivity contribution is 7.99. The van der Waals surface area contributed by atoms with Gasteiger partial charge in [0.15, 0.2) is 0 Å². The SMILES string of the molecule is CCc1cc2c(cc1Nc1ncc(C(F)(F)F)c(-c3cc4c(s3)C3(CC3)OCCS4)n1)CCNC2. The molecule has 1 fully saturated rings. The molecular weight excluding hydrogens is 493 g/mol. The summed E-state index contributed by atoms with van der Waals surface area (Å²) in [6.45, 7) is 4.46. The van der Waals surface area contributed by atoms with Gasteiger partial charge in [0.25, 0.3) is 0 Å². The zero-order valence-corrected chi connectivity index (χ0v) is 20.9. The Hall–Kier alpha value is -2.14. The molecule has 0 bridgehead atoms. The van der Waals surface area contributed by atoms with Crippen molar-refractivity contribution in [2.75, 3.05) is 24.2 Å². The molecule has 0 atom stereocenters. The maximum Gasteiger partial charge on any atom is 0.420 e. The maximum atomic E-state index is 14.0. The van der Waals surface area contributed by atoms with E-state index in [0.717, 1.165) is 71.7 Å². The van der Waals surface area contributed by atoms with Crippen LogP contribution in [0.1, 0.15) is 46.9 Å². The highest BCUT2D eigenvalue weighted by Gasteiger charge is 2.50. The Balaban J connectivity index is 1.41. The fourth-order valence-electron chi connectivity index (χ4n) is 4.81. The summed E-state index contributed by atoms with van der Waals surface area (Å²) in [5.74, 6) is 0.964. The molecule has 0 radical (unpaired) electrons. The first-order chi connectivity index (χ1) is 16.9. The number of nitrogens with one attached hydrogen (secondary N) is 2. The Bertz CT molecular complexity index is 1290. The number of aromatic nitrogens is 2. The quantitative estimate of drug-likeness (QED) is 0.424. The van der Waals surface area contributed by atoms with Gasteiger partial charge in [-0.3, -0.25) is 0 Å². The molecule has 3 aliphatic rings. The summed E-state index contributed by atoms with van der Waals surface area (Å²) in [6.07, 6.45) is -0.118. The van der Waals surface area contributed by atoms with Crippen LogP contribution in [0.25, 0.3) is 10.6 Å². The van der Waals surface area contributed by atoms with Crippen LogP contribution in [-0.4, -0.2) is 28.9 Å². The first-order valence-corrected chi connectivity index (χ1v) is 13.6. The molecule has 6 rings (SSSR count). The van der Waals surface area contributed by atoms with Crippen molar-refractivity contribution < 1.29 is 17.9 Å². The molecule has 35 heavy (non-hydrogen) atoms.